The zero-order valence-electron chi connectivity index (χ0n) is 11.9. The van der Waals surface area contributed by atoms with Gasteiger partial charge in [-0.05, 0) is 17.5 Å². The molecular formula is C15H18N2O5. The van der Waals surface area contributed by atoms with Crippen LogP contribution in [0.15, 0.2) is 24.3 Å². The van der Waals surface area contributed by atoms with Gasteiger partial charge in [-0.3, -0.25) is 9.59 Å². The number of hydrogen-bond donors (Lipinski definition) is 3. The van der Waals surface area contributed by atoms with Crippen molar-refractivity contribution in [3.63, 3.8) is 0 Å². The second-order valence-electron chi connectivity index (χ2n) is 5.33. The van der Waals surface area contributed by atoms with Crippen LogP contribution in [-0.2, 0) is 27.3 Å². The number of amides is 1. The molecule has 118 valence electrons. The number of aliphatic carboxylic acids is 2. The maximum Gasteiger partial charge on any atom is 0.326 e. The third kappa shape index (κ3) is 3.43. The maximum absolute atomic E-state index is 12.4. The highest BCUT2D eigenvalue weighted by atomic mass is 16.4. The van der Waals surface area contributed by atoms with Crippen molar-refractivity contribution < 1.29 is 24.6 Å². The summed E-state index contributed by atoms with van der Waals surface area (Å²) < 4.78 is 0. The maximum atomic E-state index is 12.4. The summed E-state index contributed by atoms with van der Waals surface area (Å²) in [6.45, 7) is 0.173. The Kier molecular flexibility index (Phi) is 4.77. The predicted molar refractivity (Wildman–Crippen MR) is 77.0 cm³/mol. The minimum absolute atomic E-state index is 0.0152. The van der Waals surface area contributed by atoms with Gasteiger partial charge in [-0.25, -0.2) is 4.79 Å². The van der Waals surface area contributed by atoms with Gasteiger partial charge in [0, 0.05) is 19.4 Å². The van der Waals surface area contributed by atoms with E-state index in [4.69, 9.17) is 10.8 Å². The first-order valence-corrected chi connectivity index (χ1v) is 6.97. The molecular weight excluding hydrogens is 288 g/mol. The van der Waals surface area contributed by atoms with E-state index in [2.05, 4.69) is 0 Å². The van der Waals surface area contributed by atoms with Crippen LogP contribution in [0, 0.1) is 0 Å². The Bertz CT molecular complexity index is 601. The van der Waals surface area contributed by atoms with Crippen molar-refractivity contribution >= 4 is 17.8 Å². The van der Waals surface area contributed by atoms with Gasteiger partial charge in [0.05, 0.1) is 6.04 Å². The molecule has 7 nitrogen and oxygen atoms in total. The number of nitrogens with two attached hydrogens (primary N) is 1. The summed E-state index contributed by atoms with van der Waals surface area (Å²) in [6, 6.07) is 5.36. The quantitative estimate of drug-likeness (QED) is 0.715. The Morgan fingerprint density at radius 1 is 1.23 bits per heavy atom. The molecule has 2 rings (SSSR count). The lowest BCUT2D eigenvalue weighted by Gasteiger charge is -2.35. The molecule has 0 aromatic heterocycles. The molecule has 4 N–H and O–H groups in total. The second-order valence-corrected chi connectivity index (χ2v) is 5.33. The van der Waals surface area contributed by atoms with E-state index in [0.717, 1.165) is 11.1 Å². The summed E-state index contributed by atoms with van der Waals surface area (Å²) in [4.78, 5) is 35.6. The first kappa shape index (κ1) is 16.0. The van der Waals surface area contributed by atoms with E-state index in [9.17, 15) is 19.5 Å². The standard InChI is InChI=1S/C15H18N2O5/c16-11(5-6-13(18)19)14(20)17-8-10-4-2-1-3-9(10)7-12(17)15(21)22/h1-4,11-12H,5-8,16H2,(H,18,19)(H,21,22)/t11-,12-/m0/s1. The van der Waals surface area contributed by atoms with Crippen LogP contribution < -0.4 is 5.73 Å². The molecule has 0 bridgehead atoms. The number of carbonyl (C=O) groups excluding carboxylic acids is 1. The smallest absolute Gasteiger partial charge is 0.326 e. The molecule has 2 atom stereocenters. The fraction of sp³-hybridized carbons (Fsp3) is 0.400. The lowest BCUT2D eigenvalue weighted by atomic mass is 9.93. The third-order valence-electron chi connectivity index (χ3n) is 3.80. The number of carboxylic acids is 2. The van der Waals surface area contributed by atoms with Gasteiger partial charge in [-0.2, -0.15) is 0 Å². The second kappa shape index (κ2) is 6.57. The number of carboxylic acid groups (broad SMARTS) is 2. The normalized spacial score (nSPS) is 18.4. The largest absolute Gasteiger partial charge is 0.481 e. The Morgan fingerprint density at radius 2 is 1.86 bits per heavy atom. The molecule has 0 unspecified atom stereocenters. The van der Waals surface area contributed by atoms with Crippen molar-refractivity contribution in [3.05, 3.63) is 35.4 Å². The minimum atomic E-state index is -1.09. The van der Waals surface area contributed by atoms with Crippen LogP contribution in [0.5, 0.6) is 0 Å². The van der Waals surface area contributed by atoms with E-state index < -0.39 is 29.9 Å². The lowest BCUT2D eigenvalue weighted by molar-refractivity contribution is -0.152. The van der Waals surface area contributed by atoms with Gasteiger partial charge >= 0.3 is 11.9 Å². The first-order valence-electron chi connectivity index (χ1n) is 6.97. The van der Waals surface area contributed by atoms with E-state index in [1.807, 2.05) is 24.3 Å². The van der Waals surface area contributed by atoms with E-state index in [0.29, 0.717) is 0 Å². The highest BCUT2D eigenvalue weighted by molar-refractivity contribution is 5.88. The Morgan fingerprint density at radius 3 is 2.45 bits per heavy atom. The van der Waals surface area contributed by atoms with Crippen molar-refractivity contribution in [1.29, 1.82) is 0 Å². The van der Waals surface area contributed by atoms with Crippen LogP contribution in [-0.4, -0.2) is 45.0 Å². The van der Waals surface area contributed by atoms with Crippen molar-refractivity contribution in [2.45, 2.75) is 37.9 Å². The van der Waals surface area contributed by atoms with Crippen LogP contribution in [0.3, 0.4) is 0 Å². The Hall–Kier alpha value is -2.41. The molecule has 0 spiro atoms. The van der Waals surface area contributed by atoms with Gasteiger partial charge in [-0.15, -0.1) is 0 Å². The summed E-state index contributed by atoms with van der Waals surface area (Å²) in [5.74, 6) is -2.65. The molecule has 0 aliphatic carbocycles. The number of benzene rings is 1. The predicted octanol–water partition coefficient (Wildman–Crippen LogP) is 0.217. The van der Waals surface area contributed by atoms with Gasteiger partial charge in [0.15, 0.2) is 0 Å². The number of nitrogens with zero attached hydrogens (tertiary/aromatic N) is 1. The zero-order valence-corrected chi connectivity index (χ0v) is 11.9. The summed E-state index contributed by atoms with van der Waals surface area (Å²) in [7, 11) is 0. The zero-order chi connectivity index (χ0) is 16.3. The molecule has 1 amide bonds. The van der Waals surface area contributed by atoms with Gasteiger partial charge in [0.2, 0.25) is 5.91 Å². The highest BCUT2D eigenvalue weighted by Crippen LogP contribution is 2.24. The number of carbonyl (C=O) groups is 3. The van der Waals surface area contributed by atoms with Crippen LogP contribution in [0.1, 0.15) is 24.0 Å². The van der Waals surface area contributed by atoms with Crippen molar-refractivity contribution in [3.8, 4) is 0 Å². The van der Waals surface area contributed by atoms with Crippen LogP contribution >= 0.6 is 0 Å². The van der Waals surface area contributed by atoms with E-state index in [1.54, 1.807) is 0 Å². The fourth-order valence-corrected chi connectivity index (χ4v) is 2.59. The fourth-order valence-electron chi connectivity index (χ4n) is 2.59. The topological polar surface area (TPSA) is 121 Å². The monoisotopic (exact) mass is 306 g/mol. The summed E-state index contributed by atoms with van der Waals surface area (Å²) in [6.07, 6.45) is -0.0172. The Balaban J connectivity index is 2.18. The van der Waals surface area contributed by atoms with E-state index in [-0.39, 0.29) is 25.8 Å². The molecule has 0 fully saturated rings. The number of hydrogen-bond acceptors (Lipinski definition) is 4. The van der Waals surface area contributed by atoms with E-state index >= 15 is 0 Å². The Labute approximate surface area is 127 Å². The molecule has 22 heavy (non-hydrogen) atoms. The summed E-state index contributed by atoms with van der Waals surface area (Å²) in [5.41, 5.74) is 7.52. The average molecular weight is 306 g/mol. The molecule has 7 heteroatoms. The van der Waals surface area contributed by atoms with Crippen LogP contribution in [0.4, 0.5) is 0 Å². The molecule has 0 saturated heterocycles. The number of fused-ring (bicyclic) bond motifs is 1. The summed E-state index contributed by atoms with van der Waals surface area (Å²) in [5, 5.41) is 18.0. The molecule has 1 aliphatic heterocycles. The molecule has 1 aliphatic rings. The SMILES string of the molecule is N[C@@H](CCC(=O)O)C(=O)N1Cc2ccccc2C[C@H]1C(=O)O. The molecule has 0 saturated carbocycles. The molecule has 1 heterocycles. The molecule has 1 aromatic rings. The van der Waals surface area contributed by atoms with Gasteiger partial charge in [0.1, 0.15) is 6.04 Å². The highest BCUT2D eigenvalue weighted by Gasteiger charge is 2.36. The van der Waals surface area contributed by atoms with Crippen LogP contribution in [0.25, 0.3) is 0 Å². The lowest BCUT2D eigenvalue weighted by Crippen LogP contribution is -2.53. The van der Waals surface area contributed by atoms with Gasteiger partial charge < -0.3 is 20.8 Å². The van der Waals surface area contributed by atoms with E-state index in [1.165, 1.54) is 4.90 Å². The van der Waals surface area contributed by atoms with Crippen molar-refractivity contribution in [1.82, 2.24) is 4.90 Å². The van der Waals surface area contributed by atoms with Gasteiger partial charge in [-0.1, -0.05) is 24.3 Å². The van der Waals surface area contributed by atoms with Crippen LogP contribution in [0.2, 0.25) is 0 Å². The minimum Gasteiger partial charge on any atom is -0.481 e. The van der Waals surface area contributed by atoms with Crippen molar-refractivity contribution in [2.24, 2.45) is 5.73 Å². The van der Waals surface area contributed by atoms with Gasteiger partial charge in [0.25, 0.3) is 0 Å². The third-order valence-corrected chi connectivity index (χ3v) is 3.80. The van der Waals surface area contributed by atoms with Crippen molar-refractivity contribution in [2.75, 3.05) is 0 Å². The molecule has 1 aromatic carbocycles. The average Bonchev–Trinajstić information content (AvgIpc) is 2.50. The summed E-state index contributed by atoms with van der Waals surface area (Å²) >= 11 is 0. The first-order chi connectivity index (χ1) is 10.4. The molecule has 0 radical (unpaired) electrons. The number of rotatable bonds is 5.